The van der Waals surface area contributed by atoms with E-state index in [1.807, 2.05) is 0 Å². The molecule has 0 aromatic carbocycles. The predicted molar refractivity (Wildman–Crippen MR) is 69.8 cm³/mol. The van der Waals surface area contributed by atoms with Crippen molar-refractivity contribution in [2.24, 2.45) is 11.8 Å². The summed E-state index contributed by atoms with van der Waals surface area (Å²) in [5.74, 6) is -1.32. The van der Waals surface area contributed by atoms with E-state index in [4.69, 9.17) is 16.7 Å². The molecule has 2 atom stereocenters. The molecule has 2 unspecified atom stereocenters. The van der Waals surface area contributed by atoms with E-state index in [1.54, 1.807) is 6.07 Å². The van der Waals surface area contributed by atoms with E-state index < -0.39 is 5.97 Å². The quantitative estimate of drug-likeness (QED) is 0.852. The van der Waals surface area contributed by atoms with Crippen molar-refractivity contribution < 1.29 is 14.7 Å². The lowest BCUT2D eigenvalue weighted by Crippen LogP contribution is -2.13. The Morgan fingerprint density at radius 2 is 2.06 bits per heavy atom. The van der Waals surface area contributed by atoms with E-state index in [1.165, 1.54) is 11.3 Å². The minimum Gasteiger partial charge on any atom is -0.481 e. The van der Waals surface area contributed by atoms with Gasteiger partial charge in [0.2, 0.25) is 0 Å². The zero-order chi connectivity index (χ0) is 12.6. The summed E-state index contributed by atoms with van der Waals surface area (Å²) in [6.45, 7) is 0. The fourth-order valence-corrected chi connectivity index (χ4v) is 3.83. The molecule has 1 aliphatic rings. The topological polar surface area (TPSA) is 54.4 Å². The molecule has 17 heavy (non-hydrogen) atoms. The van der Waals surface area contributed by atoms with E-state index in [-0.39, 0.29) is 17.6 Å². The summed E-state index contributed by atoms with van der Waals surface area (Å²) in [5.41, 5.74) is 0. The molecular weight excluding hydrogens is 328 g/mol. The Morgan fingerprint density at radius 1 is 1.41 bits per heavy atom. The van der Waals surface area contributed by atoms with Gasteiger partial charge in [-0.15, -0.1) is 11.3 Å². The van der Waals surface area contributed by atoms with Crippen LogP contribution in [0, 0.1) is 11.8 Å². The highest BCUT2D eigenvalue weighted by atomic mass is 79.9. The number of carboxylic acids is 1. The number of halogens is 2. The molecule has 0 spiro atoms. The van der Waals surface area contributed by atoms with Crippen LogP contribution in [0.1, 0.15) is 28.9 Å². The number of ketones is 1. The van der Waals surface area contributed by atoms with Gasteiger partial charge in [-0.1, -0.05) is 11.6 Å². The van der Waals surface area contributed by atoms with Crippen LogP contribution in [0.5, 0.6) is 0 Å². The van der Waals surface area contributed by atoms with E-state index in [9.17, 15) is 9.59 Å². The molecule has 1 heterocycles. The van der Waals surface area contributed by atoms with Gasteiger partial charge in [-0.3, -0.25) is 9.59 Å². The van der Waals surface area contributed by atoms with Gasteiger partial charge in [0.25, 0.3) is 0 Å². The summed E-state index contributed by atoms with van der Waals surface area (Å²) >= 11 is 10.4. The van der Waals surface area contributed by atoms with Crippen molar-refractivity contribution in [1.29, 1.82) is 0 Å². The molecule has 92 valence electrons. The third-order valence-corrected chi connectivity index (χ3v) is 5.53. The van der Waals surface area contributed by atoms with Crippen LogP contribution in [-0.2, 0) is 4.79 Å². The molecule has 1 fully saturated rings. The molecule has 0 aliphatic heterocycles. The Morgan fingerprint density at radius 3 is 2.53 bits per heavy atom. The smallest absolute Gasteiger partial charge is 0.306 e. The third kappa shape index (κ3) is 2.72. The van der Waals surface area contributed by atoms with Crippen molar-refractivity contribution in [3.8, 4) is 0 Å². The van der Waals surface area contributed by atoms with Gasteiger partial charge in [0.05, 0.1) is 10.8 Å². The third-order valence-electron chi connectivity index (χ3n) is 3.04. The molecule has 0 amide bonds. The van der Waals surface area contributed by atoms with E-state index in [0.717, 1.165) is 4.47 Å². The first-order valence-electron chi connectivity index (χ1n) is 5.21. The highest BCUT2D eigenvalue weighted by Crippen LogP contribution is 2.38. The van der Waals surface area contributed by atoms with Crippen LogP contribution in [0.25, 0.3) is 0 Å². The summed E-state index contributed by atoms with van der Waals surface area (Å²) in [7, 11) is 0. The Hall–Kier alpha value is -0.390. The second-order valence-electron chi connectivity index (χ2n) is 4.14. The van der Waals surface area contributed by atoms with Crippen LogP contribution in [0.4, 0.5) is 0 Å². The molecule has 1 N–H and O–H groups in total. The number of hydrogen-bond donors (Lipinski definition) is 1. The Bertz CT molecular complexity index is 452. The van der Waals surface area contributed by atoms with Gasteiger partial charge < -0.3 is 5.11 Å². The highest BCUT2D eigenvalue weighted by Gasteiger charge is 2.34. The lowest BCUT2D eigenvalue weighted by molar-refractivity contribution is -0.141. The van der Waals surface area contributed by atoms with Crippen molar-refractivity contribution in [3.05, 3.63) is 19.8 Å². The van der Waals surface area contributed by atoms with Crippen LogP contribution >= 0.6 is 38.9 Å². The lowest BCUT2D eigenvalue weighted by Gasteiger charge is -2.06. The van der Waals surface area contributed by atoms with Crippen LogP contribution in [-0.4, -0.2) is 16.9 Å². The number of aliphatic carboxylic acids is 1. The predicted octanol–water partition coefficient (Wildman–Crippen LogP) is 3.85. The average molecular weight is 338 g/mol. The fraction of sp³-hybridized carbons (Fsp3) is 0.455. The molecule has 0 radical (unpaired) electrons. The SMILES string of the molecule is O=C(O)C1CCC(C(=O)c2cc(Br)c(Cl)s2)C1. The van der Waals surface area contributed by atoms with Crippen molar-refractivity contribution in [1.82, 2.24) is 0 Å². The van der Waals surface area contributed by atoms with Gasteiger partial charge in [0.1, 0.15) is 4.34 Å². The maximum atomic E-state index is 12.1. The largest absolute Gasteiger partial charge is 0.481 e. The Labute approximate surface area is 116 Å². The van der Waals surface area contributed by atoms with Gasteiger partial charge in [0, 0.05) is 10.4 Å². The zero-order valence-electron chi connectivity index (χ0n) is 8.78. The van der Waals surface area contributed by atoms with Crippen molar-refractivity contribution in [2.45, 2.75) is 19.3 Å². The van der Waals surface area contributed by atoms with Crippen molar-refractivity contribution in [2.75, 3.05) is 0 Å². The Kier molecular flexibility index (Phi) is 3.90. The molecular formula is C11H10BrClO3S. The Balaban J connectivity index is 2.09. The summed E-state index contributed by atoms with van der Waals surface area (Å²) in [6.07, 6.45) is 1.69. The summed E-state index contributed by atoms with van der Waals surface area (Å²) in [6, 6.07) is 1.71. The molecule has 1 aromatic rings. The number of hydrogen-bond acceptors (Lipinski definition) is 3. The molecule has 6 heteroatoms. The lowest BCUT2D eigenvalue weighted by atomic mass is 9.99. The molecule has 1 aromatic heterocycles. The maximum absolute atomic E-state index is 12.1. The first-order chi connectivity index (χ1) is 7.99. The van der Waals surface area contributed by atoms with Crippen LogP contribution < -0.4 is 0 Å². The molecule has 0 bridgehead atoms. The van der Waals surface area contributed by atoms with Gasteiger partial charge >= 0.3 is 5.97 Å². The molecule has 1 saturated carbocycles. The normalized spacial score (nSPS) is 23.9. The van der Waals surface area contributed by atoms with E-state index >= 15 is 0 Å². The van der Waals surface area contributed by atoms with Gasteiger partial charge in [-0.2, -0.15) is 0 Å². The monoisotopic (exact) mass is 336 g/mol. The van der Waals surface area contributed by atoms with Crippen LogP contribution in [0.2, 0.25) is 4.34 Å². The molecule has 2 rings (SSSR count). The fourth-order valence-electron chi connectivity index (χ4n) is 2.11. The zero-order valence-corrected chi connectivity index (χ0v) is 11.9. The number of carboxylic acid groups (broad SMARTS) is 1. The van der Waals surface area contributed by atoms with E-state index in [2.05, 4.69) is 15.9 Å². The number of rotatable bonds is 3. The highest BCUT2D eigenvalue weighted by molar-refractivity contribution is 9.10. The first kappa shape index (κ1) is 13.1. The second-order valence-corrected chi connectivity index (χ2v) is 6.65. The number of carbonyl (C=O) groups excluding carboxylic acids is 1. The van der Waals surface area contributed by atoms with Gasteiger partial charge in [-0.05, 0) is 41.3 Å². The number of carbonyl (C=O) groups is 2. The average Bonchev–Trinajstić information content (AvgIpc) is 2.86. The van der Waals surface area contributed by atoms with Crippen molar-refractivity contribution >= 4 is 50.6 Å². The van der Waals surface area contributed by atoms with Gasteiger partial charge in [-0.25, -0.2) is 0 Å². The number of Topliss-reactive ketones (excluding diaryl/α,β-unsaturated/α-hetero) is 1. The molecule has 0 saturated heterocycles. The summed E-state index contributed by atoms with van der Waals surface area (Å²) in [4.78, 5) is 23.6. The molecule has 3 nitrogen and oxygen atoms in total. The number of thiophene rings is 1. The summed E-state index contributed by atoms with van der Waals surface area (Å²) in [5, 5.41) is 8.89. The minimum atomic E-state index is -0.800. The van der Waals surface area contributed by atoms with E-state index in [0.29, 0.717) is 28.5 Å². The van der Waals surface area contributed by atoms with Gasteiger partial charge in [0.15, 0.2) is 5.78 Å². The van der Waals surface area contributed by atoms with Crippen LogP contribution in [0.3, 0.4) is 0 Å². The maximum Gasteiger partial charge on any atom is 0.306 e. The van der Waals surface area contributed by atoms with Crippen LogP contribution in [0.15, 0.2) is 10.5 Å². The standard InChI is InChI=1S/C11H10BrClO3S/c12-7-4-8(17-10(7)13)9(14)5-1-2-6(3-5)11(15)16/h4-6H,1-3H2,(H,15,16). The minimum absolute atomic E-state index is 0.0198. The molecule has 1 aliphatic carbocycles. The van der Waals surface area contributed by atoms with Crippen molar-refractivity contribution in [3.63, 3.8) is 0 Å². The first-order valence-corrected chi connectivity index (χ1v) is 7.19. The summed E-state index contributed by atoms with van der Waals surface area (Å²) < 4.78 is 1.28. The second kappa shape index (κ2) is 5.08.